The van der Waals surface area contributed by atoms with E-state index in [-0.39, 0.29) is 6.04 Å². The van der Waals surface area contributed by atoms with Crippen LogP contribution in [0, 0.1) is 6.92 Å². The SMILES string of the molecule is CCC(N)Cc1ccc(Oc2ccc(Cl)cc2Cl)c(C)c1. The normalized spacial score (nSPS) is 12.2. The maximum Gasteiger partial charge on any atom is 0.146 e. The van der Waals surface area contributed by atoms with Gasteiger partial charge in [0.05, 0.1) is 5.02 Å². The lowest BCUT2D eigenvalue weighted by atomic mass is 10.0. The second kappa shape index (κ2) is 7.17. The summed E-state index contributed by atoms with van der Waals surface area (Å²) in [7, 11) is 0. The van der Waals surface area contributed by atoms with E-state index < -0.39 is 0 Å². The maximum atomic E-state index is 6.12. The van der Waals surface area contributed by atoms with Crippen molar-refractivity contribution in [3.05, 3.63) is 57.6 Å². The highest BCUT2D eigenvalue weighted by Gasteiger charge is 2.08. The number of rotatable bonds is 5. The minimum Gasteiger partial charge on any atom is -0.456 e. The van der Waals surface area contributed by atoms with Gasteiger partial charge in [-0.05, 0) is 55.2 Å². The molecule has 0 aliphatic rings. The molecule has 112 valence electrons. The van der Waals surface area contributed by atoms with Gasteiger partial charge in [0.2, 0.25) is 0 Å². The van der Waals surface area contributed by atoms with Gasteiger partial charge in [-0.1, -0.05) is 42.3 Å². The summed E-state index contributed by atoms with van der Waals surface area (Å²) >= 11 is 12.0. The first-order chi connectivity index (χ1) is 9.99. The maximum absolute atomic E-state index is 6.12. The lowest BCUT2D eigenvalue weighted by Crippen LogP contribution is -2.21. The summed E-state index contributed by atoms with van der Waals surface area (Å²) in [6.45, 7) is 4.11. The van der Waals surface area contributed by atoms with Crippen LogP contribution in [0.25, 0.3) is 0 Å². The largest absolute Gasteiger partial charge is 0.456 e. The van der Waals surface area contributed by atoms with E-state index in [1.165, 1.54) is 5.56 Å². The Balaban J connectivity index is 2.17. The lowest BCUT2D eigenvalue weighted by Gasteiger charge is -2.13. The van der Waals surface area contributed by atoms with Gasteiger partial charge >= 0.3 is 0 Å². The molecule has 1 unspecified atom stereocenters. The first kappa shape index (κ1) is 16.2. The molecule has 0 saturated carbocycles. The molecule has 0 aliphatic heterocycles. The molecule has 1 atom stereocenters. The summed E-state index contributed by atoms with van der Waals surface area (Å²) in [5, 5.41) is 1.09. The van der Waals surface area contributed by atoms with Crippen LogP contribution in [0.3, 0.4) is 0 Å². The zero-order valence-electron chi connectivity index (χ0n) is 12.2. The van der Waals surface area contributed by atoms with E-state index in [0.717, 1.165) is 24.2 Å². The number of halogens is 2. The van der Waals surface area contributed by atoms with Crippen LogP contribution >= 0.6 is 23.2 Å². The van der Waals surface area contributed by atoms with Gasteiger partial charge < -0.3 is 10.5 Å². The van der Waals surface area contributed by atoms with Crippen LogP contribution in [-0.4, -0.2) is 6.04 Å². The van der Waals surface area contributed by atoms with Gasteiger partial charge in [-0.2, -0.15) is 0 Å². The third kappa shape index (κ3) is 4.37. The van der Waals surface area contributed by atoms with Crippen molar-refractivity contribution < 1.29 is 4.74 Å². The van der Waals surface area contributed by atoms with Crippen molar-refractivity contribution in [1.29, 1.82) is 0 Å². The van der Waals surface area contributed by atoms with E-state index in [0.29, 0.717) is 15.8 Å². The summed E-state index contributed by atoms with van der Waals surface area (Å²) < 4.78 is 5.86. The Kier molecular flexibility index (Phi) is 5.51. The number of ether oxygens (including phenoxy) is 1. The van der Waals surface area contributed by atoms with E-state index in [2.05, 4.69) is 13.0 Å². The number of nitrogens with two attached hydrogens (primary N) is 1. The Morgan fingerprint density at radius 1 is 1.10 bits per heavy atom. The van der Waals surface area contributed by atoms with Crippen LogP contribution in [0.15, 0.2) is 36.4 Å². The Bertz CT molecular complexity index is 628. The molecule has 2 N–H and O–H groups in total. The molecular formula is C17H19Cl2NO. The van der Waals surface area contributed by atoms with Crippen molar-refractivity contribution >= 4 is 23.2 Å². The minimum absolute atomic E-state index is 0.196. The van der Waals surface area contributed by atoms with Crippen molar-refractivity contribution in [2.45, 2.75) is 32.7 Å². The summed E-state index contributed by atoms with van der Waals surface area (Å²) in [4.78, 5) is 0. The topological polar surface area (TPSA) is 35.2 Å². The lowest BCUT2D eigenvalue weighted by molar-refractivity contribution is 0.478. The Hall–Kier alpha value is -1.22. The van der Waals surface area contributed by atoms with Gasteiger partial charge in [0, 0.05) is 11.1 Å². The van der Waals surface area contributed by atoms with Crippen molar-refractivity contribution in [2.24, 2.45) is 5.73 Å². The van der Waals surface area contributed by atoms with Crippen LogP contribution in [0.2, 0.25) is 10.0 Å². The van der Waals surface area contributed by atoms with E-state index in [4.69, 9.17) is 33.7 Å². The Morgan fingerprint density at radius 2 is 1.81 bits per heavy atom. The molecule has 0 saturated heterocycles. The van der Waals surface area contributed by atoms with E-state index >= 15 is 0 Å². The average molecular weight is 324 g/mol. The number of hydrogen-bond donors (Lipinski definition) is 1. The van der Waals surface area contributed by atoms with Crippen LogP contribution < -0.4 is 10.5 Å². The molecule has 2 aromatic rings. The quantitative estimate of drug-likeness (QED) is 0.802. The van der Waals surface area contributed by atoms with Gasteiger partial charge in [-0.15, -0.1) is 0 Å². The molecule has 0 spiro atoms. The molecule has 0 heterocycles. The highest BCUT2D eigenvalue weighted by atomic mass is 35.5. The minimum atomic E-state index is 0.196. The second-order valence-corrected chi connectivity index (χ2v) is 5.99. The fraction of sp³-hybridized carbons (Fsp3) is 0.294. The van der Waals surface area contributed by atoms with Crippen LogP contribution in [0.4, 0.5) is 0 Å². The van der Waals surface area contributed by atoms with Crippen molar-refractivity contribution in [1.82, 2.24) is 0 Å². The van der Waals surface area contributed by atoms with Gasteiger partial charge in [-0.25, -0.2) is 0 Å². The third-order valence-electron chi connectivity index (χ3n) is 3.38. The number of benzene rings is 2. The molecule has 2 rings (SSSR count). The smallest absolute Gasteiger partial charge is 0.146 e. The van der Waals surface area contributed by atoms with Gasteiger partial charge in [0.15, 0.2) is 0 Å². The highest BCUT2D eigenvalue weighted by molar-refractivity contribution is 6.35. The highest BCUT2D eigenvalue weighted by Crippen LogP contribution is 2.33. The van der Waals surface area contributed by atoms with Crippen LogP contribution in [0.1, 0.15) is 24.5 Å². The van der Waals surface area contributed by atoms with E-state index in [1.807, 2.05) is 19.1 Å². The number of aryl methyl sites for hydroxylation is 1. The van der Waals surface area contributed by atoms with Crippen molar-refractivity contribution in [3.8, 4) is 11.5 Å². The standard InChI is InChI=1S/C17H19Cl2NO/c1-3-14(20)9-12-4-6-16(11(2)8-12)21-17-7-5-13(18)10-15(17)19/h4-8,10,14H,3,9,20H2,1-2H3. The molecule has 2 aromatic carbocycles. The zero-order chi connectivity index (χ0) is 15.4. The molecule has 4 heteroatoms. The predicted octanol–water partition coefficient (Wildman–Crippen LogP) is 5.37. The monoisotopic (exact) mass is 323 g/mol. The third-order valence-corrected chi connectivity index (χ3v) is 3.91. The molecule has 0 bridgehead atoms. The zero-order valence-corrected chi connectivity index (χ0v) is 13.7. The van der Waals surface area contributed by atoms with Gasteiger partial charge in [0.1, 0.15) is 11.5 Å². The molecule has 0 fully saturated rings. The van der Waals surface area contributed by atoms with Crippen molar-refractivity contribution in [2.75, 3.05) is 0 Å². The molecule has 0 amide bonds. The van der Waals surface area contributed by atoms with E-state index in [1.54, 1.807) is 18.2 Å². The molecule has 0 radical (unpaired) electrons. The first-order valence-electron chi connectivity index (χ1n) is 6.97. The van der Waals surface area contributed by atoms with Crippen LogP contribution in [0.5, 0.6) is 11.5 Å². The predicted molar refractivity (Wildman–Crippen MR) is 89.7 cm³/mol. The Labute approximate surface area is 135 Å². The van der Waals surface area contributed by atoms with Crippen molar-refractivity contribution in [3.63, 3.8) is 0 Å². The summed E-state index contributed by atoms with van der Waals surface area (Å²) in [6, 6.07) is 11.5. The summed E-state index contributed by atoms with van der Waals surface area (Å²) in [6.07, 6.45) is 1.84. The Morgan fingerprint density at radius 3 is 2.43 bits per heavy atom. The van der Waals surface area contributed by atoms with Gasteiger partial charge in [-0.3, -0.25) is 0 Å². The van der Waals surface area contributed by atoms with E-state index in [9.17, 15) is 0 Å². The summed E-state index contributed by atoms with van der Waals surface area (Å²) in [5.41, 5.74) is 8.27. The van der Waals surface area contributed by atoms with Crippen LogP contribution in [-0.2, 0) is 6.42 Å². The van der Waals surface area contributed by atoms with Gasteiger partial charge in [0.25, 0.3) is 0 Å². The second-order valence-electron chi connectivity index (χ2n) is 5.15. The summed E-state index contributed by atoms with van der Waals surface area (Å²) in [5.74, 6) is 1.38. The molecule has 21 heavy (non-hydrogen) atoms. The number of hydrogen-bond acceptors (Lipinski definition) is 2. The molecule has 2 nitrogen and oxygen atoms in total. The molecule has 0 aromatic heterocycles. The fourth-order valence-electron chi connectivity index (χ4n) is 2.08. The fourth-order valence-corrected chi connectivity index (χ4v) is 2.52. The first-order valence-corrected chi connectivity index (χ1v) is 7.73. The molecule has 0 aliphatic carbocycles. The average Bonchev–Trinajstić information content (AvgIpc) is 2.44. The molecular weight excluding hydrogens is 305 g/mol.